The molecule has 290 valence electrons. The summed E-state index contributed by atoms with van der Waals surface area (Å²) in [6.07, 6.45) is 0. The molecule has 7 aromatic carbocycles. The Kier molecular flexibility index (Phi) is 11.3. The molecule has 9 rings (SSSR count). The minimum Gasteiger partial charge on any atom is -0.691 e. The van der Waals surface area contributed by atoms with Gasteiger partial charge in [-0.05, 0) is 79.2 Å². The fourth-order valence-corrected chi connectivity index (χ4v) is 9.82. The van der Waals surface area contributed by atoms with E-state index >= 15 is 0 Å². The van der Waals surface area contributed by atoms with Gasteiger partial charge >= 0.3 is 49.8 Å². The number of fused-ring (bicyclic) bond motifs is 6. The molecule has 0 amide bonds. The number of rotatable bonds is 11. The SMILES string of the molecule is Cc1ccc(S(=O)(=O)Oc2cc(-n3nc4ccc5cc(SOO[O-])ccc5c4n3)c(OS(=O)(=O)c3ccc(C)cc3)cc2-c2nc3ccc4ccccc4c3s2)cc1.[Na+]. The summed E-state index contributed by atoms with van der Waals surface area (Å²) in [4.78, 5) is 6.43. The number of thiazole rings is 1. The predicted molar refractivity (Wildman–Crippen MR) is 219 cm³/mol. The molecule has 59 heavy (non-hydrogen) atoms. The van der Waals surface area contributed by atoms with E-state index in [1.54, 1.807) is 54.6 Å². The molecule has 13 nitrogen and oxygen atoms in total. The van der Waals surface area contributed by atoms with E-state index in [0.29, 0.717) is 31.8 Å². The molecule has 0 radical (unpaired) electrons. The van der Waals surface area contributed by atoms with Crippen molar-refractivity contribution in [3.63, 3.8) is 0 Å². The minimum atomic E-state index is -4.48. The standard InChI is InChI=1S/C41H28N4O9S4.Na/c1-24-7-14-29(15-8-24)57(47,48)51-37-23-36(45-43-34-19-12-27-21-28(56-54-53-46)13-18-31(27)39(34)44-45)38(52-58(49,50)30-16-9-25(2)10-17-30)22-33(37)41-42-35-20-11-26-5-3-4-6-32(26)40(35)55-41;/h3-23,46H,1-2H3;/q;+1/p-1. The number of nitrogens with zero attached hydrogens (tertiary/aromatic N) is 4. The summed E-state index contributed by atoms with van der Waals surface area (Å²) in [6, 6.07) is 35.4. The largest absolute Gasteiger partial charge is 1.00 e. The average molecular weight is 871 g/mol. The van der Waals surface area contributed by atoms with Gasteiger partial charge in [-0.25, -0.2) is 4.98 Å². The second kappa shape index (κ2) is 16.3. The Bertz CT molecular complexity index is 3290. The minimum absolute atomic E-state index is 0. The van der Waals surface area contributed by atoms with E-state index in [-0.39, 0.29) is 62.1 Å². The summed E-state index contributed by atoms with van der Waals surface area (Å²) in [5, 5.41) is 27.0. The summed E-state index contributed by atoms with van der Waals surface area (Å²) < 4.78 is 73.0. The molecule has 0 saturated heterocycles. The average Bonchev–Trinajstić information content (AvgIpc) is 3.86. The van der Waals surface area contributed by atoms with Crippen LogP contribution >= 0.6 is 23.4 Å². The molecule has 0 aliphatic heterocycles. The van der Waals surface area contributed by atoms with Crippen LogP contribution in [0.25, 0.3) is 59.1 Å². The topological polar surface area (TPSA) is 172 Å². The molecule has 0 N–H and O–H groups in total. The van der Waals surface area contributed by atoms with Crippen molar-refractivity contribution in [1.29, 1.82) is 0 Å². The maximum absolute atomic E-state index is 14.0. The third kappa shape index (κ3) is 8.06. The van der Waals surface area contributed by atoms with Crippen LogP contribution in [0.4, 0.5) is 0 Å². The van der Waals surface area contributed by atoms with Crippen LogP contribution in [-0.4, -0.2) is 36.8 Å². The van der Waals surface area contributed by atoms with Gasteiger partial charge in [0.15, 0.2) is 11.5 Å². The van der Waals surface area contributed by atoms with Crippen LogP contribution in [0.1, 0.15) is 11.1 Å². The monoisotopic (exact) mass is 870 g/mol. The van der Waals surface area contributed by atoms with Gasteiger partial charge in [-0.3, -0.25) is 5.04 Å². The Morgan fingerprint density at radius 3 is 2.00 bits per heavy atom. The first kappa shape index (κ1) is 40.8. The molecular weight excluding hydrogens is 844 g/mol. The smallest absolute Gasteiger partial charge is 0.691 e. The fourth-order valence-electron chi connectivity index (χ4n) is 6.42. The van der Waals surface area contributed by atoms with E-state index in [2.05, 4.69) is 14.5 Å². The molecule has 9 aromatic rings. The number of hydrogen-bond acceptors (Lipinski definition) is 14. The van der Waals surface area contributed by atoms with Crippen LogP contribution in [0.2, 0.25) is 0 Å². The maximum Gasteiger partial charge on any atom is 1.00 e. The van der Waals surface area contributed by atoms with Gasteiger partial charge in [0.1, 0.15) is 31.5 Å². The van der Waals surface area contributed by atoms with Crippen molar-refractivity contribution in [3.05, 3.63) is 139 Å². The molecule has 0 fully saturated rings. The van der Waals surface area contributed by atoms with Crippen molar-refractivity contribution in [2.45, 2.75) is 28.5 Å². The third-order valence-electron chi connectivity index (χ3n) is 9.30. The molecule has 0 atom stereocenters. The van der Waals surface area contributed by atoms with Gasteiger partial charge in [-0.2, -0.15) is 21.2 Å². The van der Waals surface area contributed by atoms with Crippen LogP contribution in [-0.2, 0) is 29.6 Å². The van der Waals surface area contributed by atoms with E-state index in [4.69, 9.17) is 18.4 Å². The predicted octanol–water partition coefficient (Wildman–Crippen LogP) is 5.39. The summed E-state index contributed by atoms with van der Waals surface area (Å²) in [7, 11) is -8.93. The van der Waals surface area contributed by atoms with Crippen LogP contribution < -0.4 is 43.2 Å². The number of hydrogen-bond donors (Lipinski definition) is 0. The molecular formula is C41H27N4NaO9S4. The molecule has 0 spiro atoms. The summed E-state index contributed by atoms with van der Waals surface area (Å²) in [5.41, 5.74) is 3.30. The Labute approximate surface area is 367 Å². The van der Waals surface area contributed by atoms with Gasteiger partial charge in [-0.1, -0.05) is 77.9 Å². The number of aromatic nitrogens is 4. The van der Waals surface area contributed by atoms with Crippen molar-refractivity contribution in [3.8, 4) is 27.8 Å². The summed E-state index contributed by atoms with van der Waals surface area (Å²) in [6.45, 7) is 3.67. The van der Waals surface area contributed by atoms with Crippen LogP contribution in [0.3, 0.4) is 0 Å². The zero-order valence-corrected chi connectivity index (χ0v) is 36.5. The first-order valence-corrected chi connectivity index (χ1v) is 21.8. The van der Waals surface area contributed by atoms with Crippen molar-refractivity contribution in [2.75, 3.05) is 0 Å². The second-order valence-electron chi connectivity index (χ2n) is 13.2. The van der Waals surface area contributed by atoms with E-state index in [1.165, 1.54) is 52.5 Å². The van der Waals surface area contributed by atoms with E-state index in [1.807, 2.05) is 50.2 Å². The molecule has 0 bridgehead atoms. The number of benzene rings is 7. The molecule has 0 aliphatic rings. The zero-order valence-electron chi connectivity index (χ0n) is 31.2. The van der Waals surface area contributed by atoms with Crippen LogP contribution in [0.15, 0.2) is 142 Å². The van der Waals surface area contributed by atoms with Gasteiger partial charge in [-0.15, -0.1) is 26.3 Å². The zero-order chi connectivity index (χ0) is 40.2. The van der Waals surface area contributed by atoms with E-state index in [9.17, 15) is 22.1 Å². The molecule has 2 heterocycles. The summed E-state index contributed by atoms with van der Waals surface area (Å²) >= 11 is 2.03. The molecule has 18 heteroatoms. The second-order valence-corrected chi connectivity index (χ2v) is 18.1. The first-order valence-electron chi connectivity index (χ1n) is 17.4. The molecule has 2 aromatic heterocycles. The molecule has 0 unspecified atom stereocenters. The van der Waals surface area contributed by atoms with Crippen LogP contribution in [0.5, 0.6) is 11.5 Å². The molecule has 0 aliphatic carbocycles. The van der Waals surface area contributed by atoms with Crippen molar-refractivity contribution < 1.29 is 69.4 Å². The van der Waals surface area contributed by atoms with Gasteiger partial charge in [0, 0.05) is 21.7 Å². The Hall–Kier alpha value is -4.92. The number of aryl methyl sites for hydroxylation is 2. The Morgan fingerprint density at radius 2 is 1.31 bits per heavy atom. The van der Waals surface area contributed by atoms with Crippen molar-refractivity contribution in [2.24, 2.45) is 0 Å². The van der Waals surface area contributed by atoms with Crippen molar-refractivity contribution >= 4 is 86.4 Å². The van der Waals surface area contributed by atoms with Crippen LogP contribution in [0, 0.1) is 13.8 Å². The summed E-state index contributed by atoms with van der Waals surface area (Å²) in [5.74, 6) is -0.398. The van der Waals surface area contributed by atoms with Gasteiger partial charge in [0.2, 0.25) is 0 Å². The fraction of sp³-hybridized carbons (Fsp3) is 0.0488. The molecule has 0 saturated carbocycles. The third-order valence-corrected chi connectivity index (χ3v) is 13.5. The Morgan fingerprint density at radius 1 is 0.661 bits per heavy atom. The van der Waals surface area contributed by atoms with E-state index < -0.39 is 20.2 Å². The first-order chi connectivity index (χ1) is 28.0. The quantitative estimate of drug-likeness (QED) is 0.0533. The maximum atomic E-state index is 14.0. The van der Waals surface area contributed by atoms with Gasteiger partial charge in [0.25, 0.3) is 0 Å². The van der Waals surface area contributed by atoms with Crippen molar-refractivity contribution in [1.82, 2.24) is 20.0 Å². The van der Waals surface area contributed by atoms with Gasteiger partial charge in [0.05, 0.1) is 27.8 Å². The Balaban J connectivity index is 0.00000484. The normalized spacial score (nSPS) is 12.0. The van der Waals surface area contributed by atoms with Gasteiger partial charge < -0.3 is 13.6 Å². The van der Waals surface area contributed by atoms with E-state index in [0.717, 1.165) is 44.0 Å².